The fourth-order valence-corrected chi connectivity index (χ4v) is 3.24. The molecular weight excluding hydrogens is 280 g/mol. The largest absolute Gasteiger partial charge is 0.461 e. The number of carbonyl (C=O) groups excluding carboxylic acids is 1. The molecule has 1 unspecified atom stereocenters. The summed E-state index contributed by atoms with van der Waals surface area (Å²) in [4.78, 5) is 16.3. The maximum atomic E-state index is 12.6. The summed E-state index contributed by atoms with van der Waals surface area (Å²) in [5.74, 6) is 0.802. The van der Waals surface area contributed by atoms with E-state index >= 15 is 0 Å². The number of nitrogens with zero attached hydrogens (tertiary/aromatic N) is 2. The lowest BCUT2D eigenvalue weighted by molar-refractivity contribution is 0.0236. The van der Waals surface area contributed by atoms with E-state index in [1.165, 1.54) is 0 Å². The number of rotatable bonds is 3. The highest BCUT2D eigenvalue weighted by Gasteiger charge is 2.38. The smallest absolute Gasteiger partial charge is 0.253 e. The number of furan rings is 1. The Bertz CT molecular complexity index is 707. The molecule has 1 saturated heterocycles. The van der Waals surface area contributed by atoms with Gasteiger partial charge in [-0.25, -0.2) is 0 Å². The van der Waals surface area contributed by atoms with E-state index < -0.39 is 5.60 Å². The van der Waals surface area contributed by atoms with Crippen molar-refractivity contribution in [2.45, 2.75) is 18.9 Å². The first kappa shape index (κ1) is 15.1. The van der Waals surface area contributed by atoms with Crippen LogP contribution < -0.4 is 0 Å². The number of hydrogen-bond acceptors (Lipinski definition) is 4. The van der Waals surface area contributed by atoms with Gasteiger partial charge in [0.1, 0.15) is 11.3 Å². The van der Waals surface area contributed by atoms with Crippen LogP contribution in [0.5, 0.6) is 0 Å². The molecule has 5 nitrogen and oxygen atoms in total. The van der Waals surface area contributed by atoms with Gasteiger partial charge in [-0.05, 0) is 51.7 Å². The number of hydrogen-bond donors (Lipinski definition) is 1. The molecule has 3 rings (SSSR count). The number of amides is 1. The van der Waals surface area contributed by atoms with E-state index in [0.717, 1.165) is 16.7 Å². The minimum Gasteiger partial charge on any atom is -0.461 e. The molecule has 0 radical (unpaired) electrons. The number of aryl methyl sites for hydroxylation is 1. The normalized spacial score (nSPS) is 22.0. The second-order valence-corrected chi connectivity index (χ2v) is 6.55. The Kier molecular flexibility index (Phi) is 3.70. The van der Waals surface area contributed by atoms with E-state index in [0.29, 0.717) is 31.6 Å². The van der Waals surface area contributed by atoms with Crippen molar-refractivity contribution in [3.8, 4) is 0 Å². The molecule has 1 N–H and O–H groups in total. The molecule has 0 saturated carbocycles. The van der Waals surface area contributed by atoms with E-state index in [1.54, 1.807) is 11.0 Å². The number of carbonyl (C=O) groups is 1. The van der Waals surface area contributed by atoms with E-state index in [1.807, 2.05) is 44.1 Å². The van der Waals surface area contributed by atoms with Crippen molar-refractivity contribution in [1.29, 1.82) is 0 Å². The zero-order valence-corrected chi connectivity index (χ0v) is 13.3. The SMILES string of the molecule is Cc1cc2cc(C(=O)N3CCC(O)(CN(C)C)C3)ccc2o1. The zero-order valence-electron chi connectivity index (χ0n) is 13.3. The first-order valence-electron chi connectivity index (χ1n) is 7.53. The van der Waals surface area contributed by atoms with Gasteiger partial charge in [0.05, 0.1) is 12.1 Å². The maximum Gasteiger partial charge on any atom is 0.253 e. The quantitative estimate of drug-likeness (QED) is 0.940. The van der Waals surface area contributed by atoms with Gasteiger partial charge in [-0.15, -0.1) is 0 Å². The first-order valence-corrected chi connectivity index (χ1v) is 7.53. The number of fused-ring (bicyclic) bond motifs is 1. The monoisotopic (exact) mass is 302 g/mol. The van der Waals surface area contributed by atoms with Gasteiger partial charge < -0.3 is 19.3 Å². The summed E-state index contributed by atoms with van der Waals surface area (Å²) in [6.45, 7) is 3.43. The molecule has 1 amide bonds. The van der Waals surface area contributed by atoms with E-state index in [2.05, 4.69) is 0 Å². The van der Waals surface area contributed by atoms with Crippen LogP contribution in [0.1, 0.15) is 22.5 Å². The Hall–Kier alpha value is -1.85. The third-order valence-electron chi connectivity index (χ3n) is 4.12. The lowest BCUT2D eigenvalue weighted by atomic mass is 10.0. The van der Waals surface area contributed by atoms with Crippen LogP contribution in [-0.4, -0.2) is 60.1 Å². The molecule has 1 aromatic carbocycles. The number of aliphatic hydroxyl groups is 1. The minimum atomic E-state index is -0.810. The van der Waals surface area contributed by atoms with Crippen molar-refractivity contribution < 1.29 is 14.3 Å². The first-order chi connectivity index (χ1) is 10.4. The van der Waals surface area contributed by atoms with Crippen molar-refractivity contribution in [2.75, 3.05) is 33.7 Å². The van der Waals surface area contributed by atoms with Crippen LogP contribution in [0.4, 0.5) is 0 Å². The minimum absolute atomic E-state index is 0.0320. The van der Waals surface area contributed by atoms with E-state index in [4.69, 9.17) is 4.42 Å². The lowest BCUT2D eigenvalue weighted by Gasteiger charge is -2.26. The fourth-order valence-electron chi connectivity index (χ4n) is 3.24. The second kappa shape index (κ2) is 5.41. The summed E-state index contributed by atoms with van der Waals surface area (Å²) in [6, 6.07) is 7.41. The molecule has 118 valence electrons. The van der Waals surface area contributed by atoms with Gasteiger partial charge in [0.2, 0.25) is 0 Å². The van der Waals surface area contributed by atoms with Crippen molar-refractivity contribution in [1.82, 2.24) is 9.80 Å². The second-order valence-electron chi connectivity index (χ2n) is 6.55. The van der Waals surface area contributed by atoms with Crippen molar-refractivity contribution >= 4 is 16.9 Å². The highest BCUT2D eigenvalue weighted by molar-refractivity contribution is 5.98. The van der Waals surface area contributed by atoms with E-state index in [9.17, 15) is 9.90 Å². The Morgan fingerprint density at radius 3 is 2.91 bits per heavy atom. The van der Waals surface area contributed by atoms with Crippen LogP contribution in [-0.2, 0) is 0 Å². The molecule has 2 heterocycles. The average Bonchev–Trinajstić information content (AvgIpc) is 2.98. The molecule has 0 spiro atoms. The van der Waals surface area contributed by atoms with Crippen LogP contribution in [0.15, 0.2) is 28.7 Å². The average molecular weight is 302 g/mol. The zero-order chi connectivity index (χ0) is 15.9. The molecule has 1 fully saturated rings. The molecule has 22 heavy (non-hydrogen) atoms. The molecule has 1 aliphatic rings. The third kappa shape index (κ3) is 2.87. The molecular formula is C17H22N2O3. The maximum absolute atomic E-state index is 12.6. The Morgan fingerprint density at radius 2 is 2.18 bits per heavy atom. The van der Waals surface area contributed by atoms with Gasteiger partial charge in [-0.1, -0.05) is 0 Å². The van der Waals surface area contributed by atoms with Gasteiger partial charge in [0, 0.05) is 24.0 Å². The number of benzene rings is 1. The van der Waals surface area contributed by atoms with Crippen LogP contribution in [0.2, 0.25) is 0 Å². The van der Waals surface area contributed by atoms with Crippen LogP contribution in [0, 0.1) is 6.92 Å². The Balaban J connectivity index is 1.78. The van der Waals surface area contributed by atoms with Gasteiger partial charge >= 0.3 is 0 Å². The third-order valence-corrected chi connectivity index (χ3v) is 4.12. The molecule has 5 heteroatoms. The van der Waals surface area contributed by atoms with Crippen LogP contribution >= 0.6 is 0 Å². The summed E-state index contributed by atoms with van der Waals surface area (Å²) >= 11 is 0. The van der Waals surface area contributed by atoms with E-state index in [-0.39, 0.29) is 5.91 Å². The number of likely N-dealkylation sites (tertiary alicyclic amines) is 1. The van der Waals surface area contributed by atoms with Crippen LogP contribution in [0.25, 0.3) is 11.0 Å². The summed E-state index contributed by atoms with van der Waals surface area (Å²) in [7, 11) is 3.86. The molecule has 2 aromatic rings. The number of β-amino-alcohol motifs (C(OH)–C–C–N with tert-alkyl or cyclic N) is 1. The molecule has 1 aromatic heterocycles. The summed E-state index contributed by atoms with van der Waals surface area (Å²) in [5, 5.41) is 11.5. The summed E-state index contributed by atoms with van der Waals surface area (Å²) in [6.07, 6.45) is 0.615. The Labute approximate surface area is 130 Å². The van der Waals surface area contributed by atoms with Gasteiger partial charge in [-0.3, -0.25) is 4.79 Å². The molecule has 1 aliphatic heterocycles. The van der Waals surface area contributed by atoms with Crippen LogP contribution in [0.3, 0.4) is 0 Å². The van der Waals surface area contributed by atoms with Gasteiger partial charge in [0.15, 0.2) is 0 Å². The van der Waals surface area contributed by atoms with Crippen molar-refractivity contribution in [3.63, 3.8) is 0 Å². The van der Waals surface area contributed by atoms with Crippen molar-refractivity contribution in [2.24, 2.45) is 0 Å². The topological polar surface area (TPSA) is 56.9 Å². The summed E-state index contributed by atoms with van der Waals surface area (Å²) in [5.41, 5.74) is 0.622. The predicted octanol–water partition coefficient (Wildman–Crippen LogP) is 1.88. The Morgan fingerprint density at radius 1 is 1.41 bits per heavy atom. The standard InChI is InChI=1S/C17H22N2O3/c1-12-8-14-9-13(4-5-15(14)22-12)16(20)19-7-6-17(21,11-19)10-18(2)3/h4-5,8-9,21H,6-7,10-11H2,1-3H3. The van der Waals surface area contributed by atoms with Gasteiger partial charge in [-0.2, -0.15) is 0 Å². The van der Waals surface area contributed by atoms with Crippen molar-refractivity contribution in [3.05, 3.63) is 35.6 Å². The lowest BCUT2D eigenvalue weighted by Crippen LogP contribution is -2.43. The highest BCUT2D eigenvalue weighted by Crippen LogP contribution is 2.25. The summed E-state index contributed by atoms with van der Waals surface area (Å²) < 4.78 is 5.53. The fraction of sp³-hybridized carbons (Fsp3) is 0.471. The molecule has 1 atom stereocenters. The van der Waals surface area contributed by atoms with Gasteiger partial charge in [0.25, 0.3) is 5.91 Å². The number of likely N-dealkylation sites (N-methyl/N-ethyl adjacent to an activating group) is 1. The molecule has 0 bridgehead atoms. The highest BCUT2D eigenvalue weighted by atomic mass is 16.3. The predicted molar refractivity (Wildman–Crippen MR) is 85.0 cm³/mol. The molecule has 0 aliphatic carbocycles.